The van der Waals surface area contributed by atoms with Gasteiger partial charge in [0.1, 0.15) is 0 Å². The first-order valence-electron chi connectivity index (χ1n) is 4.57. The van der Waals surface area contributed by atoms with Crippen molar-refractivity contribution < 1.29 is 9.90 Å². The minimum absolute atomic E-state index is 0.0820. The van der Waals surface area contributed by atoms with E-state index in [4.69, 9.17) is 10.9 Å². The van der Waals surface area contributed by atoms with Gasteiger partial charge in [0.15, 0.2) is 0 Å². The molecule has 1 rings (SSSR count). The Labute approximate surface area is 77.9 Å². The zero-order chi connectivity index (χ0) is 9.84. The van der Waals surface area contributed by atoms with Crippen LogP contribution in [0.3, 0.4) is 0 Å². The molecule has 76 valence electrons. The molecule has 5 heteroatoms. The van der Waals surface area contributed by atoms with Crippen molar-refractivity contribution in [3.63, 3.8) is 0 Å². The highest BCUT2D eigenvalue weighted by Gasteiger charge is 2.34. The minimum Gasteiger partial charge on any atom is -0.395 e. The Morgan fingerprint density at radius 1 is 1.77 bits per heavy atom. The summed E-state index contributed by atoms with van der Waals surface area (Å²) in [5.74, 6) is 4.84. The lowest BCUT2D eigenvalue weighted by molar-refractivity contribution is -0.126. The van der Waals surface area contributed by atoms with Crippen LogP contribution in [0, 0.1) is 0 Å². The zero-order valence-electron chi connectivity index (χ0n) is 7.86. The van der Waals surface area contributed by atoms with Gasteiger partial charge in [-0.3, -0.25) is 15.1 Å². The minimum atomic E-state index is -0.246. The van der Waals surface area contributed by atoms with Crippen molar-refractivity contribution in [1.82, 2.24) is 10.3 Å². The molecule has 0 heterocycles. The van der Waals surface area contributed by atoms with Crippen LogP contribution in [0.25, 0.3) is 0 Å². The molecule has 0 aromatic heterocycles. The van der Waals surface area contributed by atoms with Gasteiger partial charge in [-0.1, -0.05) is 0 Å². The summed E-state index contributed by atoms with van der Waals surface area (Å²) in [6, 6.07) is 0.212. The van der Waals surface area contributed by atoms with Gasteiger partial charge in [-0.2, -0.15) is 0 Å². The molecule has 0 spiro atoms. The number of amides is 1. The second kappa shape index (κ2) is 4.55. The lowest BCUT2D eigenvalue weighted by atomic mass is 10.2. The zero-order valence-corrected chi connectivity index (χ0v) is 7.86. The van der Waals surface area contributed by atoms with Crippen LogP contribution in [-0.4, -0.2) is 41.1 Å². The highest BCUT2D eigenvalue weighted by molar-refractivity contribution is 5.80. The fraction of sp³-hybridized carbons (Fsp3) is 0.875. The van der Waals surface area contributed by atoms with E-state index in [9.17, 15) is 4.79 Å². The van der Waals surface area contributed by atoms with Gasteiger partial charge < -0.3 is 5.11 Å². The maximum atomic E-state index is 11.2. The van der Waals surface area contributed by atoms with Crippen molar-refractivity contribution >= 4 is 5.91 Å². The molecule has 0 bridgehead atoms. The van der Waals surface area contributed by atoms with Gasteiger partial charge in [-0.15, -0.1) is 0 Å². The first-order valence-corrected chi connectivity index (χ1v) is 4.57. The van der Waals surface area contributed by atoms with E-state index >= 15 is 0 Å². The summed E-state index contributed by atoms with van der Waals surface area (Å²) in [5, 5.41) is 8.81. The second-order valence-electron chi connectivity index (χ2n) is 3.38. The average Bonchev–Trinajstić information content (AvgIpc) is 2.95. The topological polar surface area (TPSA) is 78.6 Å². The van der Waals surface area contributed by atoms with Crippen LogP contribution in [0.2, 0.25) is 0 Å². The van der Waals surface area contributed by atoms with Gasteiger partial charge >= 0.3 is 0 Å². The second-order valence-corrected chi connectivity index (χ2v) is 3.38. The van der Waals surface area contributed by atoms with Gasteiger partial charge in [0.05, 0.1) is 12.6 Å². The SMILES string of the molecule is CC(C(=O)NN)N(CCO)C1CC1. The Balaban J connectivity index is 2.47. The molecule has 5 nitrogen and oxygen atoms in total. The Kier molecular flexibility index (Phi) is 3.65. The van der Waals surface area contributed by atoms with Gasteiger partial charge in [0, 0.05) is 12.6 Å². The Morgan fingerprint density at radius 3 is 2.77 bits per heavy atom. The highest BCUT2D eigenvalue weighted by atomic mass is 16.3. The van der Waals surface area contributed by atoms with Crippen molar-refractivity contribution in [3.05, 3.63) is 0 Å². The van der Waals surface area contributed by atoms with E-state index in [-0.39, 0.29) is 18.6 Å². The van der Waals surface area contributed by atoms with Crippen molar-refractivity contribution in [1.29, 1.82) is 0 Å². The summed E-state index contributed by atoms with van der Waals surface area (Å²) < 4.78 is 0. The number of rotatable bonds is 5. The van der Waals surface area contributed by atoms with Crippen molar-refractivity contribution in [2.75, 3.05) is 13.2 Å². The van der Waals surface area contributed by atoms with Gasteiger partial charge in [-0.05, 0) is 19.8 Å². The predicted molar refractivity (Wildman–Crippen MR) is 48.6 cm³/mol. The fourth-order valence-corrected chi connectivity index (χ4v) is 1.49. The summed E-state index contributed by atoms with van der Waals surface area (Å²) in [6.07, 6.45) is 2.23. The van der Waals surface area contributed by atoms with Crippen molar-refractivity contribution in [2.24, 2.45) is 5.84 Å². The van der Waals surface area contributed by atoms with Crippen LogP contribution in [0.1, 0.15) is 19.8 Å². The number of nitrogens with two attached hydrogens (primary N) is 1. The smallest absolute Gasteiger partial charge is 0.250 e. The number of aliphatic hydroxyl groups is 1. The summed E-state index contributed by atoms with van der Waals surface area (Å²) >= 11 is 0. The molecular weight excluding hydrogens is 170 g/mol. The molecule has 1 unspecified atom stereocenters. The summed E-state index contributed by atoms with van der Waals surface area (Å²) in [5.41, 5.74) is 2.12. The molecule has 0 aromatic carbocycles. The summed E-state index contributed by atoms with van der Waals surface area (Å²) in [7, 11) is 0. The van der Waals surface area contributed by atoms with E-state index < -0.39 is 0 Å². The third-order valence-electron chi connectivity index (χ3n) is 2.39. The van der Waals surface area contributed by atoms with Crippen LogP contribution in [0.15, 0.2) is 0 Å². The molecule has 1 atom stereocenters. The quantitative estimate of drug-likeness (QED) is 0.288. The third-order valence-corrected chi connectivity index (χ3v) is 2.39. The molecule has 1 fully saturated rings. The maximum Gasteiger partial charge on any atom is 0.250 e. The number of hydrogen-bond acceptors (Lipinski definition) is 4. The van der Waals surface area contributed by atoms with E-state index in [0.717, 1.165) is 12.8 Å². The van der Waals surface area contributed by atoms with E-state index in [1.807, 2.05) is 4.90 Å². The Bertz CT molecular complexity index is 182. The number of carbonyl (C=O) groups is 1. The van der Waals surface area contributed by atoms with Crippen LogP contribution in [0.4, 0.5) is 0 Å². The Morgan fingerprint density at radius 2 is 2.38 bits per heavy atom. The Hall–Kier alpha value is -0.650. The molecule has 1 aliphatic rings. The average molecular weight is 187 g/mol. The molecule has 13 heavy (non-hydrogen) atoms. The molecular formula is C8H17N3O2. The lowest BCUT2D eigenvalue weighted by Crippen LogP contribution is -2.49. The van der Waals surface area contributed by atoms with Gasteiger partial charge in [0.2, 0.25) is 0 Å². The third kappa shape index (κ3) is 2.65. The standard InChI is InChI=1S/C8H17N3O2/c1-6(8(13)10-9)11(4-5-12)7-2-3-7/h6-7,12H,2-5,9H2,1H3,(H,10,13). The first kappa shape index (κ1) is 10.4. The number of hydrazine groups is 1. The fourth-order valence-electron chi connectivity index (χ4n) is 1.49. The van der Waals surface area contributed by atoms with E-state index in [2.05, 4.69) is 5.43 Å². The number of hydrogen-bond donors (Lipinski definition) is 3. The highest BCUT2D eigenvalue weighted by Crippen LogP contribution is 2.28. The molecule has 4 N–H and O–H groups in total. The predicted octanol–water partition coefficient (Wildman–Crippen LogP) is -1.18. The maximum absolute atomic E-state index is 11.2. The van der Waals surface area contributed by atoms with Gasteiger partial charge in [0.25, 0.3) is 5.91 Å². The summed E-state index contributed by atoms with van der Waals surface area (Å²) in [6.45, 7) is 2.42. The number of nitrogens with zero attached hydrogens (tertiary/aromatic N) is 1. The van der Waals surface area contributed by atoms with E-state index in [1.165, 1.54) is 0 Å². The monoisotopic (exact) mass is 187 g/mol. The molecule has 1 aliphatic carbocycles. The van der Waals surface area contributed by atoms with Gasteiger partial charge in [-0.25, -0.2) is 5.84 Å². The molecule has 0 saturated heterocycles. The number of carbonyl (C=O) groups excluding carboxylic acids is 1. The largest absolute Gasteiger partial charge is 0.395 e. The van der Waals surface area contributed by atoms with Crippen LogP contribution in [-0.2, 0) is 4.79 Å². The van der Waals surface area contributed by atoms with Crippen molar-refractivity contribution in [3.8, 4) is 0 Å². The summed E-state index contributed by atoms with van der Waals surface area (Å²) in [4.78, 5) is 13.2. The van der Waals surface area contributed by atoms with E-state index in [1.54, 1.807) is 6.92 Å². The molecule has 0 aliphatic heterocycles. The lowest BCUT2D eigenvalue weighted by Gasteiger charge is -2.26. The molecule has 0 aromatic rings. The molecule has 1 saturated carbocycles. The normalized spacial score (nSPS) is 18.8. The van der Waals surface area contributed by atoms with E-state index in [0.29, 0.717) is 12.6 Å². The van der Waals surface area contributed by atoms with Crippen LogP contribution < -0.4 is 11.3 Å². The molecule has 1 amide bonds. The first-order chi connectivity index (χ1) is 6.20. The number of nitrogens with one attached hydrogen (secondary N) is 1. The van der Waals surface area contributed by atoms with Crippen molar-refractivity contribution in [2.45, 2.75) is 31.8 Å². The van der Waals surface area contributed by atoms with Crippen LogP contribution in [0.5, 0.6) is 0 Å². The van der Waals surface area contributed by atoms with Crippen LogP contribution >= 0.6 is 0 Å². The molecule has 0 radical (unpaired) electrons. The number of aliphatic hydroxyl groups excluding tert-OH is 1.